The average molecular weight is 312 g/mol. The number of nitrogens with one attached hydrogen (secondary N) is 2. The number of rotatable bonds is 6. The Morgan fingerprint density at radius 2 is 1.96 bits per heavy atom. The molecule has 1 amide bonds. The van der Waals surface area contributed by atoms with E-state index in [-0.39, 0.29) is 17.4 Å². The largest absolute Gasteiger partial charge is 0.354 e. The first-order valence-electron chi connectivity index (χ1n) is 7.51. The van der Waals surface area contributed by atoms with Crippen LogP contribution < -0.4 is 10.6 Å². The summed E-state index contributed by atoms with van der Waals surface area (Å²) in [7, 11) is 0. The number of Topliss-reactive ketones (excluding diaryl/α,β-unsaturated/α-hetero) is 1. The van der Waals surface area contributed by atoms with Gasteiger partial charge in [-0.2, -0.15) is 0 Å². The molecular weight excluding hydrogens is 292 g/mol. The smallest absolute Gasteiger partial charge is 0.274 e. The van der Waals surface area contributed by atoms with Crippen LogP contribution in [0.3, 0.4) is 0 Å². The molecule has 0 atom stereocenters. The van der Waals surface area contributed by atoms with E-state index in [1.54, 1.807) is 30.3 Å². The van der Waals surface area contributed by atoms with E-state index in [1.807, 2.05) is 13.8 Å². The van der Waals surface area contributed by atoms with Crippen LogP contribution in [0.15, 0.2) is 30.3 Å². The summed E-state index contributed by atoms with van der Waals surface area (Å²) in [6.07, 6.45) is 0.941. The predicted molar refractivity (Wildman–Crippen MR) is 89.9 cm³/mol. The van der Waals surface area contributed by atoms with Crippen LogP contribution in [0.25, 0.3) is 0 Å². The minimum Gasteiger partial charge on any atom is -0.354 e. The van der Waals surface area contributed by atoms with Gasteiger partial charge in [0.1, 0.15) is 5.69 Å². The number of ketones is 1. The van der Waals surface area contributed by atoms with Gasteiger partial charge in [-0.25, -0.2) is 9.97 Å². The first-order valence-corrected chi connectivity index (χ1v) is 7.51. The number of aromatic nitrogens is 2. The quantitative estimate of drug-likeness (QED) is 0.801. The van der Waals surface area contributed by atoms with Crippen molar-refractivity contribution in [1.29, 1.82) is 0 Å². The van der Waals surface area contributed by atoms with E-state index in [4.69, 9.17) is 0 Å². The van der Waals surface area contributed by atoms with Crippen LogP contribution in [0, 0.1) is 6.92 Å². The van der Waals surface area contributed by atoms with Gasteiger partial charge in [-0.1, -0.05) is 19.1 Å². The fraction of sp³-hybridized carbons (Fsp3) is 0.294. The minimum absolute atomic E-state index is 0.0509. The molecule has 0 spiro atoms. The fourth-order valence-corrected chi connectivity index (χ4v) is 2.01. The molecule has 1 aromatic carbocycles. The van der Waals surface area contributed by atoms with Crippen molar-refractivity contribution in [3.8, 4) is 0 Å². The summed E-state index contributed by atoms with van der Waals surface area (Å²) in [5.74, 6) is 0.0512. The second-order valence-electron chi connectivity index (χ2n) is 5.24. The summed E-state index contributed by atoms with van der Waals surface area (Å²) >= 11 is 0. The van der Waals surface area contributed by atoms with Gasteiger partial charge in [-0.05, 0) is 38.5 Å². The Labute approximate surface area is 135 Å². The zero-order valence-electron chi connectivity index (χ0n) is 13.5. The Bertz CT molecular complexity index is 728. The lowest BCUT2D eigenvalue weighted by Crippen LogP contribution is -2.16. The molecule has 0 aliphatic carbocycles. The van der Waals surface area contributed by atoms with Gasteiger partial charge >= 0.3 is 0 Å². The van der Waals surface area contributed by atoms with Crippen LogP contribution in [-0.4, -0.2) is 28.2 Å². The molecule has 0 fully saturated rings. The van der Waals surface area contributed by atoms with Gasteiger partial charge in [0, 0.05) is 23.5 Å². The van der Waals surface area contributed by atoms with Gasteiger partial charge in [-0.3, -0.25) is 9.59 Å². The first-order chi connectivity index (χ1) is 11.0. The molecule has 23 heavy (non-hydrogen) atoms. The van der Waals surface area contributed by atoms with Gasteiger partial charge in [0.05, 0.1) is 0 Å². The summed E-state index contributed by atoms with van der Waals surface area (Å²) in [5.41, 5.74) is 2.10. The number of hydrogen-bond acceptors (Lipinski definition) is 5. The lowest BCUT2D eigenvalue weighted by Gasteiger charge is -2.09. The zero-order chi connectivity index (χ0) is 16.8. The van der Waals surface area contributed by atoms with Crippen LogP contribution in [0.2, 0.25) is 0 Å². The van der Waals surface area contributed by atoms with Crippen LogP contribution in [0.4, 0.5) is 11.6 Å². The maximum Gasteiger partial charge on any atom is 0.274 e. The van der Waals surface area contributed by atoms with Crippen LogP contribution in [0.1, 0.15) is 46.8 Å². The molecular formula is C17H20N4O2. The molecule has 120 valence electrons. The predicted octanol–water partition coefficient (Wildman–Crippen LogP) is 3.06. The second kappa shape index (κ2) is 7.49. The highest BCUT2D eigenvalue weighted by atomic mass is 16.2. The maximum atomic E-state index is 12.4. The van der Waals surface area contributed by atoms with E-state index < -0.39 is 0 Å². The van der Waals surface area contributed by atoms with Gasteiger partial charge < -0.3 is 10.6 Å². The summed E-state index contributed by atoms with van der Waals surface area (Å²) < 4.78 is 0. The summed E-state index contributed by atoms with van der Waals surface area (Å²) in [4.78, 5) is 32.2. The van der Waals surface area contributed by atoms with Gasteiger partial charge in [0.2, 0.25) is 5.95 Å². The Kier molecular flexibility index (Phi) is 5.41. The molecule has 2 N–H and O–H groups in total. The second-order valence-corrected chi connectivity index (χ2v) is 5.24. The highest BCUT2D eigenvalue weighted by molar-refractivity contribution is 6.04. The normalized spacial score (nSPS) is 10.2. The van der Waals surface area contributed by atoms with Crippen LogP contribution >= 0.6 is 0 Å². The molecule has 0 saturated heterocycles. The number of carbonyl (C=O) groups excluding carboxylic acids is 2. The Balaban J connectivity index is 2.18. The summed E-state index contributed by atoms with van der Waals surface area (Å²) in [6, 6.07) is 8.44. The average Bonchev–Trinajstić information content (AvgIpc) is 2.52. The Hall–Kier alpha value is -2.76. The van der Waals surface area contributed by atoms with Crippen molar-refractivity contribution in [3.63, 3.8) is 0 Å². The van der Waals surface area contributed by atoms with E-state index >= 15 is 0 Å². The maximum absolute atomic E-state index is 12.4. The number of aryl methyl sites for hydroxylation is 1. The SMILES string of the molecule is CCCNc1nc(C)cc(C(=O)Nc2cccc(C(C)=O)c2)n1. The molecule has 0 saturated carbocycles. The number of nitrogens with zero attached hydrogens (tertiary/aromatic N) is 2. The van der Waals surface area contributed by atoms with E-state index in [0.717, 1.165) is 13.0 Å². The third kappa shape index (κ3) is 4.60. The van der Waals surface area contributed by atoms with E-state index in [1.165, 1.54) is 6.92 Å². The number of hydrogen-bond donors (Lipinski definition) is 2. The first kappa shape index (κ1) is 16.6. The summed E-state index contributed by atoms with van der Waals surface area (Å²) in [5, 5.41) is 5.83. The zero-order valence-corrected chi connectivity index (χ0v) is 13.5. The van der Waals surface area contributed by atoms with Crippen molar-refractivity contribution in [1.82, 2.24) is 9.97 Å². The van der Waals surface area contributed by atoms with E-state index in [9.17, 15) is 9.59 Å². The third-order valence-corrected chi connectivity index (χ3v) is 3.15. The van der Waals surface area contributed by atoms with Crippen molar-refractivity contribution in [2.75, 3.05) is 17.2 Å². The standard InChI is InChI=1S/C17H20N4O2/c1-4-8-18-17-19-11(2)9-15(21-17)16(23)20-14-7-5-6-13(10-14)12(3)22/h5-7,9-10H,4,8H2,1-3H3,(H,20,23)(H,18,19,21). The lowest BCUT2D eigenvalue weighted by atomic mass is 10.1. The van der Waals surface area contributed by atoms with Crippen LogP contribution in [-0.2, 0) is 0 Å². The topological polar surface area (TPSA) is 84.0 Å². The number of benzene rings is 1. The summed E-state index contributed by atoms with van der Waals surface area (Å²) in [6.45, 7) is 6.08. The van der Waals surface area contributed by atoms with E-state index in [0.29, 0.717) is 22.9 Å². The van der Waals surface area contributed by atoms with Crippen molar-refractivity contribution >= 4 is 23.3 Å². The monoisotopic (exact) mass is 312 g/mol. The highest BCUT2D eigenvalue weighted by Gasteiger charge is 2.11. The van der Waals surface area contributed by atoms with E-state index in [2.05, 4.69) is 20.6 Å². The van der Waals surface area contributed by atoms with Gasteiger partial charge in [0.25, 0.3) is 5.91 Å². The third-order valence-electron chi connectivity index (χ3n) is 3.15. The molecule has 0 radical (unpaired) electrons. The molecule has 6 heteroatoms. The van der Waals surface area contributed by atoms with Gasteiger partial charge in [0.15, 0.2) is 5.78 Å². The fourth-order valence-electron chi connectivity index (χ4n) is 2.01. The molecule has 1 aromatic heterocycles. The molecule has 0 aliphatic heterocycles. The van der Waals surface area contributed by atoms with Gasteiger partial charge in [-0.15, -0.1) is 0 Å². The molecule has 6 nitrogen and oxygen atoms in total. The van der Waals surface area contributed by atoms with Crippen LogP contribution in [0.5, 0.6) is 0 Å². The molecule has 2 rings (SSSR count). The number of carbonyl (C=O) groups is 2. The lowest BCUT2D eigenvalue weighted by molar-refractivity contribution is 0.100. The molecule has 2 aromatic rings. The number of anilines is 2. The van der Waals surface area contributed by atoms with Crippen molar-refractivity contribution in [3.05, 3.63) is 47.3 Å². The highest BCUT2D eigenvalue weighted by Crippen LogP contribution is 2.13. The molecule has 0 aliphatic rings. The Morgan fingerprint density at radius 3 is 2.65 bits per heavy atom. The molecule has 1 heterocycles. The number of amides is 1. The molecule has 0 unspecified atom stereocenters. The molecule has 0 bridgehead atoms. The van der Waals surface area contributed by atoms with Crippen molar-refractivity contribution < 1.29 is 9.59 Å². The minimum atomic E-state index is -0.337. The Morgan fingerprint density at radius 1 is 1.17 bits per heavy atom. The van der Waals surface area contributed by atoms with Crippen molar-refractivity contribution in [2.45, 2.75) is 27.2 Å². The van der Waals surface area contributed by atoms with Crippen molar-refractivity contribution in [2.24, 2.45) is 0 Å².